The number of hydrogen-bond acceptors (Lipinski definition) is 33. The predicted molar refractivity (Wildman–Crippen MR) is 275 cm³/mol. The van der Waals surface area contributed by atoms with Gasteiger partial charge in [0.05, 0.1) is 45.8 Å². The number of esters is 5. The number of ether oxygens (including phenoxy) is 7. The summed E-state index contributed by atoms with van der Waals surface area (Å²) in [7, 11) is 0. The number of aliphatic hydroxyl groups excluding tert-OH is 1. The second kappa shape index (κ2) is 19.4. The minimum Gasteiger partial charge on any atom is -0.507 e. The van der Waals surface area contributed by atoms with Crippen molar-refractivity contribution in [3.63, 3.8) is 0 Å². The van der Waals surface area contributed by atoms with Crippen molar-refractivity contribution in [2.75, 3.05) is 6.61 Å². The third kappa shape index (κ3) is 8.16. The molecule has 2 bridgehead atoms. The number of aromatic hydroxyl groups is 16. The van der Waals surface area contributed by atoms with Gasteiger partial charge in [-0.25, -0.2) is 24.0 Å². The van der Waals surface area contributed by atoms with Gasteiger partial charge in [-0.2, -0.15) is 0 Å². The number of phenols is 16. The van der Waals surface area contributed by atoms with E-state index in [0.717, 1.165) is 12.1 Å². The Balaban J connectivity index is 1.17. The molecule has 6 aromatic rings. The molecule has 9 atom stereocenters. The average molecular weight is 1240 g/mol. The number of cyclic esters (lactones) is 3. The van der Waals surface area contributed by atoms with E-state index < -0.39 is 279 Å². The van der Waals surface area contributed by atoms with Crippen molar-refractivity contribution in [3.05, 3.63) is 104 Å². The summed E-state index contributed by atoms with van der Waals surface area (Å²) in [5.74, 6) is -48.7. The Hall–Kier alpha value is -11.7. The Bertz CT molecular complexity index is 4250. The van der Waals surface area contributed by atoms with Crippen molar-refractivity contribution in [1.82, 2.24) is 0 Å². The van der Waals surface area contributed by atoms with Crippen LogP contribution in [0.3, 0.4) is 0 Å². The number of Topliss-reactive ketones (excluding diaryl/α,β-unsaturated/α-hetero) is 1. The quantitative estimate of drug-likeness (QED) is 0.0477. The number of ketones is 1. The molecule has 5 unspecified atom stereocenters. The van der Waals surface area contributed by atoms with Crippen molar-refractivity contribution in [1.29, 1.82) is 0 Å². The molecule has 462 valence electrons. The van der Waals surface area contributed by atoms with Gasteiger partial charge in [0.2, 0.25) is 23.0 Å². The van der Waals surface area contributed by atoms with Crippen molar-refractivity contribution >= 4 is 35.6 Å². The monoisotopic (exact) mass is 1240 g/mol. The van der Waals surface area contributed by atoms with E-state index in [1.54, 1.807) is 0 Å². The van der Waals surface area contributed by atoms with E-state index in [1.807, 2.05) is 0 Å². The second-order valence-corrected chi connectivity index (χ2v) is 21.0. The van der Waals surface area contributed by atoms with Crippen molar-refractivity contribution in [2.24, 2.45) is 0 Å². The first-order valence-corrected chi connectivity index (χ1v) is 25.5. The number of rotatable bonds is 5. The number of carbonyl (C=O) groups excluding carboxylic acids is 6. The molecule has 5 aliphatic heterocycles. The first kappa shape index (κ1) is 57.7. The van der Waals surface area contributed by atoms with Crippen molar-refractivity contribution in [2.45, 2.75) is 66.5 Å². The number of phenolic OH excluding ortho intramolecular Hbond substituents is 16. The highest BCUT2D eigenvalue weighted by molar-refractivity contribution is 6.14. The summed E-state index contributed by atoms with van der Waals surface area (Å²) in [6, 6.07) is 3.96. The van der Waals surface area contributed by atoms with Gasteiger partial charge in [-0.3, -0.25) is 4.79 Å². The molecule has 1 aliphatic carbocycles. The van der Waals surface area contributed by atoms with Gasteiger partial charge in [-0.15, -0.1) is 0 Å². The lowest BCUT2D eigenvalue weighted by atomic mass is 9.64. The van der Waals surface area contributed by atoms with Crippen LogP contribution in [-0.2, 0) is 39.7 Å². The second-order valence-electron chi connectivity index (χ2n) is 21.0. The molecule has 6 aromatic carbocycles. The van der Waals surface area contributed by atoms with Gasteiger partial charge in [0, 0.05) is 51.4 Å². The summed E-state index contributed by atoms with van der Waals surface area (Å²) < 4.78 is 41.0. The lowest BCUT2D eigenvalue weighted by molar-refractivity contribution is -0.324. The summed E-state index contributed by atoms with van der Waals surface area (Å²) in [5.41, 5.74) is -12.8. The average Bonchev–Trinajstić information content (AvgIpc) is 1.64. The van der Waals surface area contributed by atoms with Gasteiger partial charge in [0.15, 0.2) is 99.5 Å². The maximum absolute atomic E-state index is 15.4. The Morgan fingerprint density at radius 1 is 0.483 bits per heavy atom. The smallest absolute Gasteiger partial charge is 0.339 e. The molecule has 0 aromatic heterocycles. The topological polar surface area (TPSA) is 572 Å². The van der Waals surface area contributed by atoms with E-state index in [0.29, 0.717) is 30.3 Å². The number of fused-ring (bicyclic) bond motifs is 6. The molecule has 0 spiro atoms. The van der Waals surface area contributed by atoms with Crippen LogP contribution < -0.4 is 9.47 Å². The number of carbonyl (C=O) groups is 6. The Morgan fingerprint density at radius 3 is 1.58 bits per heavy atom. The van der Waals surface area contributed by atoms with E-state index in [1.165, 1.54) is 0 Å². The first-order chi connectivity index (χ1) is 41.8. The molecule has 5 heterocycles. The van der Waals surface area contributed by atoms with Crippen LogP contribution in [-0.4, -0.2) is 186 Å². The fourth-order valence-electron chi connectivity index (χ4n) is 11.8. The zero-order valence-electron chi connectivity index (χ0n) is 43.9. The van der Waals surface area contributed by atoms with Crippen LogP contribution in [0.1, 0.15) is 81.6 Å². The standard InChI is InChI=1S/C56H40O33/c57-17-9-18(58)31(44-13(17)5-26(66)43(85-44)11-1-19(59)36(67)20(60)2-11)32-33-34-35-30-16(8-25(65)40(71)46(30)89-56(35,82)55(80,81)49(33)74)53(78)88-48(47(32)87-54(34)79)45-27(84-50(75)12-3-21(61)37(68)22(62)4-12)10-83-51(76)14-6-23(63)38(69)41(72)28(14)29-15(52(77)86-45)7-24(64)39(70)42(29)73/h1-4,6-9,26-27,32,35,43,45,47-48,57-73,80-82H,5,10H2/t26?,27?,32-,35?,43?,45-,47+,48+,56?/m1/s1. The number of benzene rings is 6. The minimum absolute atomic E-state index is 0.270. The Labute approximate surface area is 490 Å². The number of aliphatic hydroxyl groups is 4. The molecule has 20 N–H and O–H groups in total. The molecule has 0 radical (unpaired) electrons. The van der Waals surface area contributed by atoms with Crippen LogP contribution in [0.25, 0.3) is 11.1 Å². The summed E-state index contributed by atoms with van der Waals surface area (Å²) >= 11 is 0. The molecule has 0 saturated heterocycles. The third-order valence-electron chi connectivity index (χ3n) is 15.9. The summed E-state index contributed by atoms with van der Waals surface area (Å²) in [4.78, 5) is 90.5. The van der Waals surface area contributed by atoms with E-state index >= 15 is 19.2 Å². The fraction of sp³-hybridized carbons (Fsp3) is 0.214. The lowest BCUT2D eigenvalue weighted by Gasteiger charge is -2.49. The summed E-state index contributed by atoms with van der Waals surface area (Å²) in [6.45, 7) is -1.67. The summed E-state index contributed by atoms with van der Waals surface area (Å²) in [6.07, 6.45) is -16.5. The number of hydrogen-bond donors (Lipinski definition) is 20. The molecule has 6 aliphatic rings. The first-order valence-electron chi connectivity index (χ1n) is 25.5. The van der Waals surface area contributed by atoms with Gasteiger partial charge in [0.25, 0.3) is 11.6 Å². The molecule has 89 heavy (non-hydrogen) atoms. The van der Waals surface area contributed by atoms with Crippen LogP contribution in [0, 0.1) is 0 Å². The molecule has 33 nitrogen and oxygen atoms in total. The van der Waals surface area contributed by atoms with Gasteiger partial charge in [0.1, 0.15) is 23.9 Å². The molecular weight excluding hydrogens is 1200 g/mol. The van der Waals surface area contributed by atoms with Gasteiger partial charge >= 0.3 is 29.8 Å². The van der Waals surface area contributed by atoms with Crippen LogP contribution in [0.2, 0.25) is 0 Å². The van der Waals surface area contributed by atoms with Gasteiger partial charge < -0.3 is 135 Å². The SMILES string of the molecule is O=C1O[C@@H]2[C@H]([C@@H]3OC(=O)c4cc(O)c(O)c(O)c4-c4c(cc(O)c(O)c4O)C(=O)OCC3OC(=O)c3cc(O)c(O)c(O)c3)OC(=O)c3cc(O)c(O)c4c3C3C1=C(C(=O)C(O)(O)C3(O)O4)[C@H]2c1c(O)cc(O)c2c1OC(c1cc(O)c(O)c(O)c1)C(O)C2. The van der Waals surface area contributed by atoms with E-state index in [4.69, 9.17) is 33.2 Å². The highest BCUT2D eigenvalue weighted by atomic mass is 16.7. The molecule has 12 rings (SSSR count). The van der Waals surface area contributed by atoms with Crippen LogP contribution in [0.15, 0.2) is 59.7 Å². The Morgan fingerprint density at radius 2 is 0.989 bits per heavy atom. The maximum atomic E-state index is 15.4. The largest absolute Gasteiger partial charge is 0.507 e. The highest BCUT2D eigenvalue weighted by Crippen LogP contribution is 2.65. The van der Waals surface area contributed by atoms with E-state index in [9.17, 15) is 112 Å². The molecular formula is C56H40O33. The molecule has 0 amide bonds. The highest BCUT2D eigenvalue weighted by Gasteiger charge is 2.75. The predicted octanol–water partition coefficient (Wildman–Crippen LogP) is 0.275. The molecule has 33 heteroatoms. The van der Waals surface area contributed by atoms with Crippen LogP contribution in [0.5, 0.6) is 103 Å². The van der Waals surface area contributed by atoms with Gasteiger partial charge in [-0.1, -0.05) is 0 Å². The van der Waals surface area contributed by atoms with Crippen LogP contribution >= 0.6 is 0 Å². The van der Waals surface area contributed by atoms with Crippen molar-refractivity contribution < 1.29 is 164 Å². The molecule has 0 fully saturated rings. The fourth-order valence-corrected chi connectivity index (χ4v) is 11.8. The molecule has 0 saturated carbocycles. The Kier molecular flexibility index (Phi) is 12.6. The third-order valence-corrected chi connectivity index (χ3v) is 15.9. The van der Waals surface area contributed by atoms with Crippen LogP contribution in [0.4, 0.5) is 0 Å². The zero-order chi connectivity index (χ0) is 64.4. The minimum atomic E-state index is -4.47. The van der Waals surface area contributed by atoms with Gasteiger partial charge in [-0.05, 0) is 42.5 Å². The summed E-state index contributed by atoms with van der Waals surface area (Å²) in [5, 5.41) is 223. The maximum Gasteiger partial charge on any atom is 0.339 e. The van der Waals surface area contributed by atoms with E-state index in [2.05, 4.69) is 0 Å². The van der Waals surface area contributed by atoms with Crippen molar-refractivity contribution in [3.8, 4) is 115 Å². The zero-order valence-corrected chi connectivity index (χ0v) is 43.9. The lowest BCUT2D eigenvalue weighted by Crippen LogP contribution is -2.69. The normalized spacial score (nSPS) is 24.7. The van der Waals surface area contributed by atoms with E-state index in [-0.39, 0.29) is 6.07 Å².